The molecule has 8 rings (SSSR count). The molecule has 256 valence electrons. The van der Waals surface area contributed by atoms with Crippen molar-refractivity contribution < 1.29 is 24.7 Å². The molecule has 6 aromatic rings. The number of para-hydroxylation sites is 1. The zero-order chi connectivity index (χ0) is 34.7. The van der Waals surface area contributed by atoms with Gasteiger partial charge in [-0.2, -0.15) is 12.1 Å². The van der Waals surface area contributed by atoms with Crippen molar-refractivity contribution in [2.24, 2.45) is 0 Å². The Morgan fingerprint density at radius 1 is 0.800 bits per heavy atom. The number of anilines is 2. The van der Waals surface area contributed by atoms with Gasteiger partial charge >= 0.3 is 20.1 Å². The molecular formula is C45H48IrN4+. The van der Waals surface area contributed by atoms with Gasteiger partial charge in [0.2, 0.25) is 0 Å². The molecule has 0 spiro atoms. The maximum absolute atomic E-state index is 4.22. The second kappa shape index (κ2) is 13.6. The third-order valence-corrected chi connectivity index (χ3v) is 10.6. The molecule has 4 nitrogen and oxygen atoms in total. The maximum Gasteiger partial charge on any atom is 3.00 e. The van der Waals surface area contributed by atoms with Crippen molar-refractivity contribution in [3.8, 4) is 22.6 Å². The molecule has 4 aromatic carbocycles. The summed E-state index contributed by atoms with van der Waals surface area (Å²) < 4.78 is 4.54. The molecule has 5 heteroatoms. The standard InChI is InChI=1S/C34H40N3.C11H8N.Ir/c1-21(2)23-17-24(22(3)4)19-25(18-23)36-20-37-29-14-13-26-30(34(7,8)16-15-33(26,5)6)32(29)35(9)27-11-10-12-28(36)31(27)37;1-2-6-10(7-3-1)11-8-4-5-9-12-11;/h10-13,17-19,21-22H,15-16H2,1-9H3;1-6,8-9H;/q2*-1;+3. The van der Waals surface area contributed by atoms with Gasteiger partial charge in [0.15, 0.2) is 0 Å². The SMILES string of the molecule is CC(C)c1cc(C(C)C)cc(-n2[c-][n+]3c4c(cccc42)N(C)c2c-3[c-]cc3c2C(C)(C)CCC3(C)C)c1.[Ir+3].[c-]1ccccc1-c1ccccn1. The van der Waals surface area contributed by atoms with E-state index in [4.69, 9.17) is 0 Å². The van der Waals surface area contributed by atoms with Crippen LogP contribution >= 0.6 is 0 Å². The number of pyridine rings is 1. The van der Waals surface area contributed by atoms with Crippen molar-refractivity contribution in [3.05, 3.63) is 132 Å². The molecule has 50 heavy (non-hydrogen) atoms. The number of hydrogen-bond acceptors (Lipinski definition) is 2. The molecule has 0 atom stereocenters. The first kappa shape index (κ1) is 35.8. The fraction of sp³-hybridized carbons (Fsp3) is 0.333. The van der Waals surface area contributed by atoms with E-state index < -0.39 is 0 Å². The maximum atomic E-state index is 4.22. The Kier molecular flexibility index (Phi) is 9.72. The van der Waals surface area contributed by atoms with E-state index in [2.05, 4.69) is 142 Å². The molecular weight excluding hydrogens is 789 g/mol. The quantitative estimate of drug-likeness (QED) is 0.131. The Balaban J connectivity index is 0.000000281. The zero-order valence-electron chi connectivity index (χ0n) is 30.9. The Bertz CT molecular complexity index is 2080. The number of fused-ring (bicyclic) bond motifs is 4. The van der Waals surface area contributed by atoms with Crippen molar-refractivity contribution in [2.45, 2.75) is 90.9 Å². The van der Waals surface area contributed by atoms with Crippen molar-refractivity contribution in [1.29, 1.82) is 0 Å². The fourth-order valence-corrected chi connectivity index (χ4v) is 7.54. The Morgan fingerprint density at radius 2 is 1.50 bits per heavy atom. The van der Waals surface area contributed by atoms with Crippen LogP contribution in [0.25, 0.3) is 33.7 Å². The van der Waals surface area contributed by atoms with Gasteiger partial charge in [-0.3, -0.25) is 4.57 Å². The molecule has 2 aromatic heterocycles. The van der Waals surface area contributed by atoms with Crippen molar-refractivity contribution in [1.82, 2.24) is 9.55 Å². The van der Waals surface area contributed by atoms with Gasteiger partial charge in [0.05, 0.1) is 11.2 Å². The van der Waals surface area contributed by atoms with Crippen molar-refractivity contribution >= 4 is 22.4 Å². The number of imidazole rings is 1. The number of benzene rings is 4. The van der Waals surface area contributed by atoms with Gasteiger partial charge in [0, 0.05) is 11.9 Å². The van der Waals surface area contributed by atoms with Gasteiger partial charge in [-0.05, 0) is 77.5 Å². The molecule has 3 heterocycles. The average Bonchev–Trinajstić information content (AvgIpc) is 3.50. The van der Waals surface area contributed by atoms with Gasteiger partial charge < -0.3 is 14.5 Å². The predicted molar refractivity (Wildman–Crippen MR) is 203 cm³/mol. The predicted octanol–water partition coefficient (Wildman–Crippen LogP) is 10.7. The minimum Gasteiger partial charge on any atom is -0.404 e. The largest absolute Gasteiger partial charge is 3.00 e. The van der Waals surface area contributed by atoms with E-state index in [1.54, 1.807) is 6.20 Å². The summed E-state index contributed by atoms with van der Waals surface area (Å²) >= 11 is 0. The Labute approximate surface area is 312 Å². The molecule has 0 fully saturated rings. The minimum atomic E-state index is 0. The van der Waals surface area contributed by atoms with Crippen LogP contribution in [0.5, 0.6) is 0 Å². The average molecular weight is 837 g/mol. The summed E-state index contributed by atoms with van der Waals surface area (Å²) in [6, 6.07) is 36.6. The first-order chi connectivity index (χ1) is 23.4. The van der Waals surface area contributed by atoms with Crippen LogP contribution in [0.4, 0.5) is 11.4 Å². The summed E-state index contributed by atoms with van der Waals surface area (Å²) in [6.45, 7) is 18.7. The van der Waals surface area contributed by atoms with Crippen LogP contribution < -0.4 is 9.47 Å². The van der Waals surface area contributed by atoms with E-state index in [-0.39, 0.29) is 30.9 Å². The van der Waals surface area contributed by atoms with Gasteiger partial charge in [0.25, 0.3) is 6.33 Å². The van der Waals surface area contributed by atoms with Crippen molar-refractivity contribution in [2.75, 3.05) is 11.9 Å². The second-order valence-electron chi connectivity index (χ2n) is 15.7. The van der Waals surface area contributed by atoms with E-state index in [1.165, 1.54) is 63.2 Å². The molecule has 1 aliphatic heterocycles. The van der Waals surface area contributed by atoms with Gasteiger partial charge in [-0.15, -0.1) is 47.0 Å². The number of rotatable bonds is 4. The van der Waals surface area contributed by atoms with Crippen LogP contribution in [0.1, 0.15) is 102 Å². The van der Waals surface area contributed by atoms with Crippen molar-refractivity contribution in [3.63, 3.8) is 0 Å². The summed E-state index contributed by atoms with van der Waals surface area (Å²) in [6.07, 6.45) is 7.96. The molecule has 0 bridgehead atoms. The second-order valence-corrected chi connectivity index (χ2v) is 15.7. The fourth-order valence-electron chi connectivity index (χ4n) is 7.54. The monoisotopic (exact) mass is 837 g/mol. The minimum absolute atomic E-state index is 0. The molecule has 0 unspecified atom stereocenters. The number of aromatic nitrogens is 3. The topological polar surface area (TPSA) is 24.9 Å². The third-order valence-electron chi connectivity index (χ3n) is 10.6. The first-order valence-electron chi connectivity index (χ1n) is 17.7. The van der Waals surface area contributed by atoms with Gasteiger partial charge in [-0.25, -0.2) is 0 Å². The van der Waals surface area contributed by atoms with Crippen LogP contribution in [-0.2, 0) is 30.9 Å². The smallest absolute Gasteiger partial charge is 0.404 e. The molecule has 0 amide bonds. The number of nitrogens with zero attached hydrogens (tertiary/aromatic N) is 4. The van der Waals surface area contributed by atoms with Gasteiger partial charge in [-0.1, -0.05) is 103 Å². The van der Waals surface area contributed by atoms with E-state index in [9.17, 15) is 0 Å². The van der Waals surface area contributed by atoms with Crippen LogP contribution in [-0.4, -0.2) is 16.6 Å². The molecule has 0 radical (unpaired) electrons. The molecule has 0 saturated heterocycles. The van der Waals surface area contributed by atoms with Gasteiger partial charge in [0.1, 0.15) is 5.52 Å². The summed E-state index contributed by atoms with van der Waals surface area (Å²) in [4.78, 5) is 6.63. The Morgan fingerprint density at radius 3 is 2.14 bits per heavy atom. The summed E-state index contributed by atoms with van der Waals surface area (Å²) in [5, 5.41) is 0. The van der Waals surface area contributed by atoms with Crippen LogP contribution in [0.3, 0.4) is 0 Å². The normalized spacial score (nSPS) is 15.2. The summed E-state index contributed by atoms with van der Waals surface area (Å²) in [5.74, 6) is 0.935. The van der Waals surface area contributed by atoms with E-state index in [0.29, 0.717) is 11.8 Å². The van der Waals surface area contributed by atoms with Crippen LogP contribution in [0.15, 0.2) is 91.1 Å². The third kappa shape index (κ3) is 6.24. The molecule has 0 N–H and O–H groups in total. The van der Waals surface area contributed by atoms with E-state index in [0.717, 1.165) is 16.9 Å². The van der Waals surface area contributed by atoms with E-state index >= 15 is 0 Å². The Hall–Kier alpha value is -4.05. The zero-order valence-corrected chi connectivity index (χ0v) is 33.2. The van der Waals surface area contributed by atoms with E-state index in [1.807, 2.05) is 42.5 Å². The summed E-state index contributed by atoms with van der Waals surface area (Å²) in [5.41, 5.74) is 15.1. The first-order valence-corrected chi connectivity index (χ1v) is 17.7. The molecule has 1 aliphatic carbocycles. The molecule has 0 saturated carbocycles. The molecule has 2 aliphatic rings. The summed E-state index contributed by atoms with van der Waals surface area (Å²) in [7, 11) is 2.23. The van der Waals surface area contributed by atoms with Crippen LogP contribution in [0, 0.1) is 18.5 Å². The number of hydrogen-bond donors (Lipinski definition) is 0. The van der Waals surface area contributed by atoms with Crippen LogP contribution in [0.2, 0.25) is 0 Å².